The number of anilines is 1. The first-order valence-electron chi connectivity index (χ1n) is 7.43. The Morgan fingerprint density at radius 3 is 2.86 bits per heavy atom. The summed E-state index contributed by atoms with van der Waals surface area (Å²) in [5.74, 6) is -0.115. The normalized spacial score (nSPS) is 26.1. The summed E-state index contributed by atoms with van der Waals surface area (Å²) < 4.78 is 0.773. The lowest BCUT2D eigenvalue weighted by molar-refractivity contribution is -0.142. The van der Waals surface area contributed by atoms with E-state index in [1.165, 1.54) is 0 Å². The molecule has 2 unspecified atom stereocenters. The van der Waals surface area contributed by atoms with Gasteiger partial charge in [-0.2, -0.15) is 0 Å². The first-order valence-corrected chi connectivity index (χ1v) is 8.60. The number of aliphatic carboxylic acids is 1. The van der Waals surface area contributed by atoms with Crippen LogP contribution in [0.15, 0.2) is 22.7 Å². The second kappa shape index (κ2) is 7.01. The van der Waals surface area contributed by atoms with Gasteiger partial charge in [0.15, 0.2) is 0 Å². The van der Waals surface area contributed by atoms with Crippen LogP contribution in [0.3, 0.4) is 0 Å². The Bertz CT molecular complexity index is 523. The summed E-state index contributed by atoms with van der Waals surface area (Å²) in [7, 11) is 0. The van der Waals surface area contributed by atoms with Crippen LogP contribution in [-0.2, 0) is 4.79 Å². The first-order chi connectivity index (χ1) is 9.97. The average molecular weight is 375 g/mol. The van der Waals surface area contributed by atoms with Gasteiger partial charge >= 0.3 is 5.97 Å². The summed E-state index contributed by atoms with van der Waals surface area (Å²) in [6.07, 6.45) is 5.50. The fourth-order valence-corrected chi connectivity index (χ4v) is 3.56. The Morgan fingerprint density at radius 1 is 1.48 bits per heavy atom. The van der Waals surface area contributed by atoms with E-state index >= 15 is 0 Å². The predicted octanol–water partition coefficient (Wildman–Crippen LogP) is 5.33. The molecule has 0 spiro atoms. The lowest BCUT2D eigenvalue weighted by atomic mass is 9.89. The fourth-order valence-electron chi connectivity index (χ4n) is 3.06. The molecule has 0 heterocycles. The number of hydrogen-bond donors (Lipinski definition) is 2. The molecule has 21 heavy (non-hydrogen) atoms. The van der Waals surface area contributed by atoms with E-state index in [4.69, 9.17) is 11.6 Å². The molecular formula is C16H21BrClNO2. The van der Waals surface area contributed by atoms with Crippen molar-refractivity contribution >= 4 is 39.2 Å². The Hall–Kier alpha value is -0.740. The van der Waals surface area contributed by atoms with Crippen LogP contribution in [0.4, 0.5) is 5.69 Å². The molecule has 0 bridgehead atoms. The quantitative estimate of drug-likeness (QED) is 0.700. The number of nitrogens with one attached hydrogen (secondary N) is 1. The van der Waals surface area contributed by atoms with Gasteiger partial charge < -0.3 is 10.4 Å². The van der Waals surface area contributed by atoms with Crippen molar-refractivity contribution in [3.8, 4) is 0 Å². The van der Waals surface area contributed by atoms with E-state index in [9.17, 15) is 9.90 Å². The molecule has 0 aliphatic heterocycles. The number of rotatable bonds is 4. The van der Waals surface area contributed by atoms with Crippen molar-refractivity contribution in [1.29, 1.82) is 0 Å². The van der Waals surface area contributed by atoms with Gasteiger partial charge in [0.05, 0.1) is 5.02 Å². The summed E-state index contributed by atoms with van der Waals surface area (Å²) in [6, 6.07) is 5.45. The van der Waals surface area contributed by atoms with Crippen LogP contribution >= 0.6 is 27.5 Å². The third-order valence-corrected chi connectivity index (χ3v) is 5.70. The van der Waals surface area contributed by atoms with Gasteiger partial charge in [-0.15, -0.1) is 0 Å². The van der Waals surface area contributed by atoms with Crippen molar-refractivity contribution in [3.63, 3.8) is 0 Å². The van der Waals surface area contributed by atoms with Crippen LogP contribution in [0.25, 0.3) is 0 Å². The second-order valence-corrected chi connectivity index (χ2v) is 7.11. The first kappa shape index (κ1) is 16.6. The lowest BCUT2D eigenvalue weighted by Crippen LogP contribution is -2.46. The highest BCUT2D eigenvalue weighted by Crippen LogP contribution is 2.36. The molecule has 0 radical (unpaired) electrons. The fraction of sp³-hybridized carbons (Fsp3) is 0.562. The third-order valence-electron chi connectivity index (χ3n) is 4.49. The van der Waals surface area contributed by atoms with Crippen LogP contribution in [0.5, 0.6) is 0 Å². The van der Waals surface area contributed by atoms with E-state index in [1.54, 1.807) is 6.07 Å². The zero-order chi connectivity index (χ0) is 15.5. The van der Waals surface area contributed by atoms with E-state index < -0.39 is 11.5 Å². The molecule has 5 heteroatoms. The number of carbonyl (C=O) groups is 1. The number of benzene rings is 1. The lowest BCUT2D eigenvalue weighted by Gasteiger charge is -2.30. The zero-order valence-electron chi connectivity index (χ0n) is 12.2. The molecule has 2 rings (SSSR count). The molecule has 1 aliphatic carbocycles. The SMILES string of the molecule is CCC1CCCC(Nc2ccc(Cl)c(Br)c2)(C(=O)O)CC1. The van der Waals surface area contributed by atoms with Crippen molar-refractivity contribution in [3.05, 3.63) is 27.7 Å². The highest BCUT2D eigenvalue weighted by atomic mass is 79.9. The smallest absolute Gasteiger partial charge is 0.329 e. The minimum atomic E-state index is -0.864. The monoisotopic (exact) mass is 373 g/mol. The summed E-state index contributed by atoms with van der Waals surface area (Å²) in [4.78, 5) is 11.9. The van der Waals surface area contributed by atoms with Crippen molar-refractivity contribution in [1.82, 2.24) is 0 Å². The molecular weight excluding hydrogens is 354 g/mol. The molecule has 0 aromatic heterocycles. The topological polar surface area (TPSA) is 49.3 Å². The van der Waals surface area contributed by atoms with Crippen LogP contribution in [0, 0.1) is 5.92 Å². The molecule has 116 valence electrons. The Morgan fingerprint density at radius 2 is 2.24 bits per heavy atom. The molecule has 1 fully saturated rings. The number of carboxylic acids is 1. The maximum absolute atomic E-state index is 11.9. The maximum Gasteiger partial charge on any atom is 0.329 e. The predicted molar refractivity (Wildman–Crippen MR) is 90.0 cm³/mol. The van der Waals surface area contributed by atoms with Crippen LogP contribution in [0.2, 0.25) is 5.02 Å². The van der Waals surface area contributed by atoms with Gasteiger partial charge in [-0.05, 0) is 59.3 Å². The van der Waals surface area contributed by atoms with E-state index in [2.05, 4.69) is 28.2 Å². The van der Waals surface area contributed by atoms with E-state index in [-0.39, 0.29) is 0 Å². The van der Waals surface area contributed by atoms with Crippen molar-refractivity contribution in [2.24, 2.45) is 5.92 Å². The molecule has 2 atom stereocenters. The molecule has 1 aromatic rings. The Labute approximate surface area is 139 Å². The van der Waals surface area contributed by atoms with Crippen molar-refractivity contribution in [2.45, 2.75) is 51.0 Å². The van der Waals surface area contributed by atoms with Crippen LogP contribution in [-0.4, -0.2) is 16.6 Å². The number of carboxylic acid groups (broad SMARTS) is 1. The molecule has 2 N–H and O–H groups in total. The molecule has 0 amide bonds. The summed E-state index contributed by atoms with van der Waals surface area (Å²) in [5, 5.41) is 13.6. The van der Waals surface area contributed by atoms with Gasteiger partial charge in [-0.3, -0.25) is 0 Å². The van der Waals surface area contributed by atoms with E-state index in [0.717, 1.165) is 35.8 Å². The Balaban J connectivity index is 2.21. The van der Waals surface area contributed by atoms with Crippen LogP contribution < -0.4 is 5.32 Å². The van der Waals surface area contributed by atoms with Crippen molar-refractivity contribution < 1.29 is 9.90 Å². The van der Waals surface area contributed by atoms with Gasteiger partial charge in [0, 0.05) is 10.2 Å². The minimum absolute atomic E-state index is 0.622. The molecule has 1 aromatic carbocycles. The highest BCUT2D eigenvalue weighted by molar-refractivity contribution is 9.10. The van der Waals surface area contributed by atoms with Gasteiger partial charge in [0.1, 0.15) is 5.54 Å². The molecule has 3 nitrogen and oxygen atoms in total. The zero-order valence-corrected chi connectivity index (χ0v) is 14.5. The van der Waals surface area contributed by atoms with Gasteiger partial charge in [0.25, 0.3) is 0 Å². The van der Waals surface area contributed by atoms with E-state index in [0.29, 0.717) is 23.8 Å². The largest absolute Gasteiger partial charge is 0.480 e. The van der Waals surface area contributed by atoms with Gasteiger partial charge in [-0.25, -0.2) is 4.79 Å². The van der Waals surface area contributed by atoms with E-state index in [1.807, 2.05) is 12.1 Å². The Kier molecular flexibility index (Phi) is 5.55. The van der Waals surface area contributed by atoms with Crippen molar-refractivity contribution in [2.75, 3.05) is 5.32 Å². The average Bonchev–Trinajstić information content (AvgIpc) is 2.66. The maximum atomic E-state index is 11.9. The summed E-state index contributed by atoms with van der Waals surface area (Å²) >= 11 is 9.38. The molecule has 0 saturated heterocycles. The standard InChI is InChI=1S/C16H21BrClNO2/c1-2-11-4-3-8-16(9-7-11,15(20)21)19-12-5-6-14(18)13(17)10-12/h5-6,10-11,19H,2-4,7-9H2,1H3,(H,20,21). The highest BCUT2D eigenvalue weighted by Gasteiger charge is 2.40. The molecule has 1 aliphatic rings. The minimum Gasteiger partial charge on any atom is -0.480 e. The number of hydrogen-bond acceptors (Lipinski definition) is 2. The van der Waals surface area contributed by atoms with Crippen LogP contribution in [0.1, 0.15) is 45.4 Å². The second-order valence-electron chi connectivity index (χ2n) is 5.85. The summed E-state index contributed by atoms with van der Waals surface area (Å²) in [6.45, 7) is 2.18. The third kappa shape index (κ3) is 3.92. The molecule has 1 saturated carbocycles. The van der Waals surface area contributed by atoms with Gasteiger partial charge in [0.2, 0.25) is 0 Å². The van der Waals surface area contributed by atoms with Gasteiger partial charge in [-0.1, -0.05) is 37.8 Å². The number of halogens is 2. The summed E-state index contributed by atoms with van der Waals surface area (Å²) in [5.41, 5.74) is -0.0689.